The molecule has 0 fully saturated rings. The van der Waals surface area contributed by atoms with Gasteiger partial charge in [-0.3, -0.25) is 0 Å². The predicted octanol–water partition coefficient (Wildman–Crippen LogP) is 14.8. The lowest BCUT2D eigenvalue weighted by atomic mass is 9.84. The molecule has 242 valence electrons. The summed E-state index contributed by atoms with van der Waals surface area (Å²) in [6.07, 6.45) is 10.00. The molecule has 0 atom stereocenters. The van der Waals surface area contributed by atoms with Crippen molar-refractivity contribution < 1.29 is 0 Å². The first-order chi connectivity index (χ1) is 25.1. The minimum absolute atomic E-state index is 1.04. The molecule has 0 amide bonds. The Labute approximate surface area is 300 Å². The van der Waals surface area contributed by atoms with E-state index in [1.54, 1.807) is 0 Å². The molecule has 0 radical (unpaired) electrons. The molecule has 0 saturated heterocycles. The lowest BCUT2D eigenvalue weighted by Gasteiger charge is -2.19. The third kappa shape index (κ3) is 5.52. The lowest BCUT2D eigenvalue weighted by Crippen LogP contribution is -1.96. The first-order valence-corrected chi connectivity index (χ1v) is 17.5. The van der Waals surface area contributed by atoms with E-state index < -0.39 is 0 Å². The van der Waals surface area contributed by atoms with Crippen LogP contribution >= 0.6 is 0 Å². The van der Waals surface area contributed by atoms with Crippen LogP contribution in [0.4, 0.5) is 0 Å². The van der Waals surface area contributed by atoms with Gasteiger partial charge in [0.2, 0.25) is 0 Å². The highest BCUT2D eigenvalue weighted by molar-refractivity contribution is 6.21. The highest BCUT2D eigenvalue weighted by Crippen LogP contribution is 2.45. The van der Waals surface area contributed by atoms with Crippen molar-refractivity contribution in [3.05, 3.63) is 194 Å². The van der Waals surface area contributed by atoms with E-state index in [0.717, 1.165) is 33.4 Å². The van der Waals surface area contributed by atoms with Gasteiger partial charge in [0, 0.05) is 0 Å². The van der Waals surface area contributed by atoms with Crippen LogP contribution in [0.2, 0.25) is 0 Å². The molecule has 0 heteroatoms. The standard InChI is InChI=1S/C51H38/c1-5-16-44-43(8-4)42(7-3)34(6-2)33-49(44)40-19-15-20-41(32-40)51-47-23-13-11-21-45(47)50(46-22-12-14-24-48(46)51)37-28-25-36(26-29-37)39-30-27-35-17-9-10-18-38(35)31-39/h5-33H,2-4H2,1H3/b16-5-. The van der Waals surface area contributed by atoms with Crippen LogP contribution in [0.1, 0.15) is 29.2 Å². The summed E-state index contributed by atoms with van der Waals surface area (Å²) in [5.74, 6) is 0. The summed E-state index contributed by atoms with van der Waals surface area (Å²) in [7, 11) is 0. The third-order valence-electron chi connectivity index (χ3n) is 10.1. The minimum atomic E-state index is 1.04. The van der Waals surface area contributed by atoms with Crippen LogP contribution in [0.25, 0.3) is 101 Å². The fraction of sp³-hybridized carbons (Fsp3) is 0.0196. The monoisotopic (exact) mass is 650 g/mol. The molecule has 0 nitrogen and oxygen atoms in total. The molecule has 0 aromatic heterocycles. The van der Waals surface area contributed by atoms with Gasteiger partial charge >= 0.3 is 0 Å². The van der Waals surface area contributed by atoms with E-state index in [-0.39, 0.29) is 0 Å². The van der Waals surface area contributed by atoms with Gasteiger partial charge in [0.05, 0.1) is 0 Å². The zero-order chi connectivity index (χ0) is 34.9. The van der Waals surface area contributed by atoms with Crippen LogP contribution in [-0.2, 0) is 0 Å². The van der Waals surface area contributed by atoms with Crippen LogP contribution in [0.15, 0.2) is 171 Å². The first kappa shape index (κ1) is 31.7. The quantitative estimate of drug-likeness (QED) is 0.144. The molecular formula is C51H38. The van der Waals surface area contributed by atoms with Gasteiger partial charge in [-0.05, 0) is 124 Å². The molecule has 0 aliphatic carbocycles. The Balaban J connectivity index is 1.31. The number of rotatable bonds is 8. The maximum atomic E-state index is 4.17. The van der Waals surface area contributed by atoms with Crippen molar-refractivity contribution in [1.82, 2.24) is 0 Å². The Bertz CT molecular complexity index is 2620. The summed E-state index contributed by atoms with van der Waals surface area (Å²) < 4.78 is 0. The van der Waals surface area contributed by atoms with Gasteiger partial charge in [-0.25, -0.2) is 0 Å². The highest BCUT2D eigenvalue weighted by Gasteiger charge is 2.18. The number of hydrogen-bond donors (Lipinski definition) is 0. The molecule has 0 bridgehead atoms. The molecule has 0 aliphatic rings. The van der Waals surface area contributed by atoms with Crippen LogP contribution in [-0.4, -0.2) is 0 Å². The van der Waals surface area contributed by atoms with Gasteiger partial charge in [-0.1, -0.05) is 178 Å². The normalized spacial score (nSPS) is 11.4. The second kappa shape index (κ2) is 13.4. The van der Waals surface area contributed by atoms with Crippen molar-refractivity contribution in [2.24, 2.45) is 0 Å². The van der Waals surface area contributed by atoms with E-state index in [4.69, 9.17) is 0 Å². The van der Waals surface area contributed by atoms with E-state index in [1.165, 1.54) is 65.7 Å². The van der Waals surface area contributed by atoms with Gasteiger partial charge in [0.1, 0.15) is 0 Å². The Morgan fingerprint density at radius 2 is 0.941 bits per heavy atom. The minimum Gasteiger partial charge on any atom is -0.0984 e. The van der Waals surface area contributed by atoms with Crippen LogP contribution in [0.3, 0.4) is 0 Å². The van der Waals surface area contributed by atoms with E-state index in [1.807, 2.05) is 18.2 Å². The summed E-state index contributed by atoms with van der Waals surface area (Å²) in [5, 5.41) is 7.45. The Hall–Kier alpha value is -6.50. The molecule has 8 rings (SSSR count). The van der Waals surface area contributed by atoms with Crippen molar-refractivity contribution in [2.45, 2.75) is 6.92 Å². The molecule has 8 aromatic carbocycles. The second-order valence-electron chi connectivity index (χ2n) is 12.9. The zero-order valence-corrected chi connectivity index (χ0v) is 28.9. The summed E-state index contributed by atoms with van der Waals surface area (Å²) in [4.78, 5) is 0. The zero-order valence-electron chi connectivity index (χ0n) is 28.9. The molecule has 0 unspecified atom stereocenters. The number of fused-ring (bicyclic) bond motifs is 3. The van der Waals surface area contributed by atoms with Crippen molar-refractivity contribution in [2.75, 3.05) is 0 Å². The summed E-state index contributed by atoms with van der Waals surface area (Å²) in [5.41, 5.74) is 13.9. The molecule has 0 N–H and O–H groups in total. The Morgan fingerprint density at radius 1 is 0.392 bits per heavy atom. The molecule has 8 aromatic rings. The van der Waals surface area contributed by atoms with Crippen LogP contribution in [0.5, 0.6) is 0 Å². The van der Waals surface area contributed by atoms with Gasteiger partial charge in [-0.2, -0.15) is 0 Å². The van der Waals surface area contributed by atoms with E-state index in [9.17, 15) is 0 Å². The molecular weight excluding hydrogens is 613 g/mol. The van der Waals surface area contributed by atoms with E-state index >= 15 is 0 Å². The summed E-state index contributed by atoms with van der Waals surface area (Å²) >= 11 is 0. The van der Waals surface area contributed by atoms with Crippen molar-refractivity contribution in [3.8, 4) is 44.5 Å². The number of benzene rings is 8. The Kier molecular flexibility index (Phi) is 8.36. The van der Waals surface area contributed by atoms with Crippen molar-refractivity contribution in [1.29, 1.82) is 0 Å². The molecule has 0 spiro atoms. The van der Waals surface area contributed by atoms with Gasteiger partial charge < -0.3 is 0 Å². The SMILES string of the molecule is C=Cc1cc(-c2cccc(-c3c4ccccc4c(-c4ccc(-c5ccc6ccccc6c5)cc4)c4ccccc34)c2)c(/C=C\C)c(C=C)c1C=C. The topological polar surface area (TPSA) is 0 Å². The maximum Gasteiger partial charge on any atom is -0.00262 e. The molecule has 51 heavy (non-hydrogen) atoms. The average Bonchev–Trinajstić information content (AvgIpc) is 3.19. The van der Waals surface area contributed by atoms with Gasteiger partial charge in [0.25, 0.3) is 0 Å². The molecule has 0 aliphatic heterocycles. The fourth-order valence-electron chi connectivity index (χ4n) is 7.75. The maximum absolute atomic E-state index is 4.17. The largest absolute Gasteiger partial charge is 0.0984 e. The fourth-order valence-corrected chi connectivity index (χ4v) is 7.75. The van der Waals surface area contributed by atoms with Crippen molar-refractivity contribution >= 4 is 56.6 Å². The summed E-state index contributed by atoms with van der Waals surface area (Å²) in [6.45, 7) is 14.5. The van der Waals surface area contributed by atoms with E-state index in [2.05, 4.69) is 184 Å². The molecule has 0 heterocycles. The van der Waals surface area contributed by atoms with E-state index in [0.29, 0.717) is 0 Å². The highest BCUT2D eigenvalue weighted by atomic mass is 14.2. The van der Waals surface area contributed by atoms with Gasteiger partial charge in [-0.15, -0.1) is 0 Å². The van der Waals surface area contributed by atoms with Crippen LogP contribution in [0, 0.1) is 0 Å². The van der Waals surface area contributed by atoms with Crippen LogP contribution < -0.4 is 0 Å². The molecule has 0 saturated carbocycles. The smallest absolute Gasteiger partial charge is 0.00262 e. The van der Waals surface area contributed by atoms with Crippen molar-refractivity contribution in [3.63, 3.8) is 0 Å². The average molecular weight is 651 g/mol. The third-order valence-corrected chi connectivity index (χ3v) is 10.1. The number of hydrogen-bond acceptors (Lipinski definition) is 0. The second-order valence-corrected chi connectivity index (χ2v) is 12.9. The predicted molar refractivity (Wildman–Crippen MR) is 226 cm³/mol. The Morgan fingerprint density at radius 3 is 1.55 bits per heavy atom. The number of allylic oxidation sites excluding steroid dienone is 1. The lowest BCUT2D eigenvalue weighted by molar-refractivity contribution is 1.51. The van der Waals surface area contributed by atoms with Gasteiger partial charge in [0.15, 0.2) is 0 Å². The summed E-state index contributed by atoms with van der Waals surface area (Å²) in [6, 6.07) is 53.2. The first-order valence-electron chi connectivity index (χ1n) is 17.5.